The number of hydrogen-bond donors (Lipinski definition) is 1. The van der Waals surface area contributed by atoms with Gasteiger partial charge < -0.3 is 5.32 Å². The number of carbonyl (C=O) groups excluding carboxylic acids is 3. The van der Waals surface area contributed by atoms with Gasteiger partial charge in [0.05, 0.1) is 21.2 Å². The second-order valence-corrected chi connectivity index (χ2v) is 7.35. The molecule has 0 unspecified atom stereocenters. The summed E-state index contributed by atoms with van der Waals surface area (Å²) in [6.45, 7) is -0.417. The molecule has 2 aromatic carbocycles. The van der Waals surface area contributed by atoms with E-state index in [1.165, 1.54) is 23.7 Å². The van der Waals surface area contributed by atoms with E-state index in [0.29, 0.717) is 5.69 Å². The van der Waals surface area contributed by atoms with Gasteiger partial charge in [-0.3, -0.25) is 19.3 Å². The van der Waals surface area contributed by atoms with Crippen LogP contribution >= 0.6 is 34.7 Å². The Hall–Kier alpha value is -2.81. The number of amides is 3. The maximum atomic E-state index is 12.4. The Morgan fingerprint density at radius 3 is 2.18 bits per heavy atom. The third-order valence-corrected chi connectivity index (χ3v) is 5.36. The molecule has 0 bridgehead atoms. The normalized spacial score (nSPS) is 13.0. The van der Waals surface area contributed by atoms with Crippen LogP contribution in [-0.4, -0.2) is 38.8 Å². The molecule has 1 aliphatic heterocycles. The molecule has 1 aromatic heterocycles. The van der Waals surface area contributed by atoms with Crippen LogP contribution in [0, 0.1) is 0 Å². The molecule has 3 amide bonds. The number of halogens is 2. The van der Waals surface area contributed by atoms with Crippen molar-refractivity contribution in [3.05, 3.63) is 63.0 Å². The van der Waals surface area contributed by atoms with E-state index < -0.39 is 24.3 Å². The zero-order valence-corrected chi connectivity index (χ0v) is 16.3. The van der Waals surface area contributed by atoms with Crippen molar-refractivity contribution in [1.82, 2.24) is 14.5 Å². The molecule has 0 saturated heterocycles. The van der Waals surface area contributed by atoms with Gasteiger partial charge in [-0.1, -0.05) is 39.8 Å². The molecule has 28 heavy (non-hydrogen) atoms. The average molecular weight is 433 g/mol. The monoisotopic (exact) mass is 432 g/mol. The predicted octanol–water partition coefficient (Wildman–Crippen LogP) is 3.75. The van der Waals surface area contributed by atoms with Gasteiger partial charge >= 0.3 is 0 Å². The number of anilines is 1. The summed E-state index contributed by atoms with van der Waals surface area (Å²) in [6.07, 6.45) is 0. The number of nitrogens with zero attached hydrogens (tertiary/aromatic N) is 3. The third-order valence-electron chi connectivity index (χ3n) is 4.14. The summed E-state index contributed by atoms with van der Waals surface area (Å²) in [4.78, 5) is 38.1. The molecule has 0 aliphatic carbocycles. The molecule has 7 nitrogen and oxygen atoms in total. The molecule has 0 saturated carbocycles. The SMILES string of the molecule is O=C(CN1C(=O)c2cc(Cl)c(Cl)cc2C1=O)Nc1ccc(-c2csnn2)cc1. The zero-order chi connectivity index (χ0) is 19.8. The highest BCUT2D eigenvalue weighted by Gasteiger charge is 2.37. The highest BCUT2D eigenvalue weighted by Crippen LogP contribution is 2.31. The molecule has 10 heteroatoms. The number of nitrogens with one attached hydrogen (secondary N) is 1. The van der Waals surface area contributed by atoms with Crippen molar-refractivity contribution in [3.63, 3.8) is 0 Å². The first kappa shape index (κ1) is 18.5. The van der Waals surface area contributed by atoms with E-state index in [-0.39, 0.29) is 21.2 Å². The number of carbonyl (C=O) groups is 3. The number of rotatable bonds is 4. The number of imide groups is 1. The van der Waals surface area contributed by atoms with Crippen molar-refractivity contribution in [3.8, 4) is 11.3 Å². The van der Waals surface area contributed by atoms with Gasteiger partial charge in [0.25, 0.3) is 11.8 Å². The lowest BCUT2D eigenvalue weighted by Gasteiger charge is -2.13. The van der Waals surface area contributed by atoms with E-state index in [4.69, 9.17) is 23.2 Å². The van der Waals surface area contributed by atoms with Crippen molar-refractivity contribution in [2.75, 3.05) is 11.9 Å². The van der Waals surface area contributed by atoms with Crippen LogP contribution in [0.15, 0.2) is 41.8 Å². The van der Waals surface area contributed by atoms with Crippen molar-refractivity contribution >= 4 is 58.1 Å². The summed E-state index contributed by atoms with van der Waals surface area (Å²) in [5.41, 5.74) is 2.40. The molecule has 1 aliphatic rings. The largest absolute Gasteiger partial charge is 0.325 e. The topological polar surface area (TPSA) is 92.3 Å². The Kier molecular flexibility index (Phi) is 4.84. The van der Waals surface area contributed by atoms with Gasteiger partial charge in [-0.25, -0.2) is 0 Å². The molecule has 0 radical (unpaired) electrons. The Morgan fingerprint density at radius 1 is 1.04 bits per heavy atom. The van der Waals surface area contributed by atoms with E-state index in [2.05, 4.69) is 14.9 Å². The Bertz CT molecular complexity index is 1060. The minimum absolute atomic E-state index is 0.133. The average Bonchev–Trinajstić information content (AvgIpc) is 3.28. The van der Waals surface area contributed by atoms with E-state index in [1.807, 2.05) is 5.38 Å². The summed E-state index contributed by atoms with van der Waals surface area (Å²) in [6, 6.07) is 9.66. The van der Waals surface area contributed by atoms with Gasteiger partial charge in [0.15, 0.2) is 0 Å². The number of benzene rings is 2. The highest BCUT2D eigenvalue weighted by atomic mass is 35.5. The molecule has 0 spiro atoms. The molecule has 0 fully saturated rings. The first-order chi connectivity index (χ1) is 13.4. The summed E-state index contributed by atoms with van der Waals surface area (Å²) in [5.74, 6) is -1.67. The lowest BCUT2D eigenvalue weighted by Crippen LogP contribution is -2.37. The van der Waals surface area contributed by atoms with Gasteiger partial charge in [0.1, 0.15) is 12.2 Å². The summed E-state index contributed by atoms with van der Waals surface area (Å²) in [5, 5.41) is 8.79. The van der Waals surface area contributed by atoms with Crippen LogP contribution in [0.1, 0.15) is 20.7 Å². The number of aromatic nitrogens is 2. The van der Waals surface area contributed by atoms with E-state index in [0.717, 1.165) is 16.2 Å². The van der Waals surface area contributed by atoms with Gasteiger partial charge in [-0.2, -0.15) is 0 Å². The van der Waals surface area contributed by atoms with Crippen molar-refractivity contribution < 1.29 is 14.4 Å². The molecule has 4 rings (SSSR count). The second-order valence-electron chi connectivity index (χ2n) is 5.92. The minimum Gasteiger partial charge on any atom is -0.325 e. The predicted molar refractivity (Wildman–Crippen MR) is 106 cm³/mol. The maximum absolute atomic E-state index is 12.4. The lowest BCUT2D eigenvalue weighted by molar-refractivity contribution is -0.116. The molecule has 0 atom stereocenters. The second kappa shape index (κ2) is 7.31. The summed E-state index contributed by atoms with van der Waals surface area (Å²) in [7, 11) is 0. The summed E-state index contributed by atoms with van der Waals surface area (Å²) >= 11 is 13.1. The third kappa shape index (κ3) is 3.37. The quantitative estimate of drug-likeness (QED) is 0.633. The first-order valence-electron chi connectivity index (χ1n) is 7.96. The fourth-order valence-electron chi connectivity index (χ4n) is 2.79. The fourth-order valence-corrected chi connectivity index (χ4v) is 3.58. The van der Waals surface area contributed by atoms with Crippen molar-refractivity contribution in [2.24, 2.45) is 0 Å². The molecule has 140 valence electrons. The van der Waals surface area contributed by atoms with Crippen LogP contribution in [0.5, 0.6) is 0 Å². The molecule has 2 heterocycles. The molecule has 3 aromatic rings. The first-order valence-corrected chi connectivity index (χ1v) is 9.56. The minimum atomic E-state index is -0.583. The van der Waals surface area contributed by atoms with E-state index in [1.54, 1.807) is 24.3 Å². The summed E-state index contributed by atoms with van der Waals surface area (Å²) < 4.78 is 3.80. The zero-order valence-electron chi connectivity index (χ0n) is 14.0. The van der Waals surface area contributed by atoms with Crippen LogP contribution in [-0.2, 0) is 4.79 Å². The van der Waals surface area contributed by atoms with Gasteiger partial charge in [0.2, 0.25) is 5.91 Å². The van der Waals surface area contributed by atoms with Gasteiger partial charge in [0, 0.05) is 16.6 Å². The Labute approximate surface area is 173 Å². The smallest absolute Gasteiger partial charge is 0.262 e. The van der Waals surface area contributed by atoms with E-state index >= 15 is 0 Å². The van der Waals surface area contributed by atoms with Crippen LogP contribution in [0.4, 0.5) is 5.69 Å². The van der Waals surface area contributed by atoms with Crippen molar-refractivity contribution in [1.29, 1.82) is 0 Å². The Morgan fingerprint density at radius 2 is 1.64 bits per heavy atom. The van der Waals surface area contributed by atoms with E-state index in [9.17, 15) is 14.4 Å². The standard InChI is InChI=1S/C18H10Cl2N4O3S/c19-13-5-11-12(6-14(13)20)18(27)24(17(11)26)7-16(25)21-10-3-1-9(2-4-10)15-8-28-23-22-15/h1-6,8H,7H2,(H,21,25). The maximum Gasteiger partial charge on any atom is 0.262 e. The highest BCUT2D eigenvalue weighted by molar-refractivity contribution is 7.03. The van der Waals surface area contributed by atoms with Crippen molar-refractivity contribution in [2.45, 2.75) is 0 Å². The van der Waals surface area contributed by atoms with Gasteiger partial charge in [-0.05, 0) is 35.8 Å². The van der Waals surface area contributed by atoms with Crippen LogP contribution < -0.4 is 5.32 Å². The van der Waals surface area contributed by atoms with Crippen LogP contribution in [0.2, 0.25) is 10.0 Å². The molecule has 1 N–H and O–H groups in total. The van der Waals surface area contributed by atoms with Crippen LogP contribution in [0.25, 0.3) is 11.3 Å². The molecular formula is C18H10Cl2N4O3S. The number of fused-ring (bicyclic) bond motifs is 1. The van der Waals surface area contributed by atoms with Crippen LogP contribution in [0.3, 0.4) is 0 Å². The van der Waals surface area contributed by atoms with Gasteiger partial charge in [-0.15, -0.1) is 5.10 Å². The molecular weight excluding hydrogens is 423 g/mol. The fraction of sp³-hybridized carbons (Fsp3) is 0.0556. The lowest BCUT2D eigenvalue weighted by atomic mass is 10.1. The Balaban J connectivity index is 1.45. The number of hydrogen-bond acceptors (Lipinski definition) is 6.